The summed E-state index contributed by atoms with van der Waals surface area (Å²) in [5, 5.41) is 8.75. The van der Waals surface area contributed by atoms with Gasteiger partial charge in [0.1, 0.15) is 4.90 Å². The predicted octanol–water partition coefficient (Wildman–Crippen LogP) is 1.19. The summed E-state index contributed by atoms with van der Waals surface area (Å²) in [4.78, 5) is 0.00328. The number of sulfonamides is 1. The number of nitrogens with zero attached hydrogens (tertiary/aromatic N) is 2. The largest absolute Gasteiger partial charge is 0.398 e. The minimum absolute atomic E-state index is 0.00328. The normalized spacial score (nSPS) is 11.8. The zero-order valence-electron chi connectivity index (χ0n) is 11.8. The van der Waals surface area contributed by atoms with Crippen LogP contribution in [0.3, 0.4) is 0 Å². The number of ether oxygens (including phenoxy) is 1. The van der Waals surface area contributed by atoms with Gasteiger partial charge in [0.2, 0.25) is 10.0 Å². The Bertz CT molecular complexity index is 606. The van der Waals surface area contributed by atoms with E-state index >= 15 is 0 Å². The Morgan fingerprint density at radius 3 is 2.60 bits per heavy atom. The summed E-state index contributed by atoms with van der Waals surface area (Å²) in [6.45, 7) is 4.31. The van der Waals surface area contributed by atoms with E-state index in [1.165, 1.54) is 29.6 Å². The molecule has 1 rings (SSSR count). The maximum atomic E-state index is 12.3. The number of likely N-dealkylation sites (N-methyl/N-ethyl adjacent to an activating group) is 1. The first-order valence-corrected chi connectivity index (χ1v) is 7.60. The standard InChI is InChI=1S/C13H19N3O3S/c1-10(2)19-7-6-16(3)20(17,18)13-5-4-11(9-14)8-12(13)15/h4-5,8,10H,6-7,15H2,1-3H3. The molecule has 110 valence electrons. The van der Waals surface area contributed by atoms with Crippen LogP contribution in [0.25, 0.3) is 0 Å². The molecule has 1 aromatic carbocycles. The van der Waals surface area contributed by atoms with Crippen molar-refractivity contribution in [2.75, 3.05) is 25.9 Å². The molecular formula is C13H19N3O3S. The molecule has 0 saturated heterocycles. The van der Waals surface area contributed by atoms with Crippen LogP contribution in [0.15, 0.2) is 23.1 Å². The Balaban J connectivity index is 2.91. The van der Waals surface area contributed by atoms with Crippen LogP contribution < -0.4 is 5.73 Å². The number of benzene rings is 1. The lowest BCUT2D eigenvalue weighted by atomic mass is 10.2. The summed E-state index contributed by atoms with van der Waals surface area (Å²) in [7, 11) is -2.20. The Hall–Kier alpha value is -1.62. The number of nitriles is 1. The Kier molecular flexibility index (Phi) is 5.51. The quantitative estimate of drug-likeness (QED) is 0.795. The monoisotopic (exact) mass is 297 g/mol. The molecule has 0 unspecified atom stereocenters. The summed E-state index contributed by atoms with van der Waals surface area (Å²) in [6, 6.07) is 6.05. The third-order valence-electron chi connectivity index (χ3n) is 2.68. The van der Waals surface area contributed by atoms with E-state index in [2.05, 4.69) is 0 Å². The zero-order chi connectivity index (χ0) is 15.3. The molecule has 0 heterocycles. The van der Waals surface area contributed by atoms with Crippen molar-refractivity contribution in [3.63, 3.8) is 0 Å². The molecule has 20 heavy (non-hydrogen) atoms. The molecule has 0 aliphatic heterocycles. The molecule has 0 saturated carbocycles. The third kappa shape index (κ3) is 3.93. The maximum absolute atomic E-state index is 12.3. The smallest absolute Gasteiger partial charge is 0.244 e. The van der Waals surface area contributed by atoms with Crippen LogP contribution in [0.2, 0.25) is 0 Å². The molecule has 0 aromatic heterocycles. The van der Waals surface area contributed by atoms with Crippen LogP contribution in [-0.2, 0) is 14.8 Å². The van der Waals surface area contributed by atoms with Crippen molar-refractivity contribution < 1.29 is 13.2 Å². The summed E-state index contributed by atoms with van der Waals surface area (Å²) < 4.78 is 31.2. The van der Waals surface area contributed by atoms with E-state index in [0.717, 1.165) is 0 Å². The highest BCUT2D eigenvalue weighted by Crippen LogP contribution is 2.22. The number of hydrogen-bond donors (Lipinski definition) is 1. The van der Waals surface area contributed by atoms with E-state index in [4.69, 9.17) is 15.7 Å². The van der Waals surface area contributed by atoms with Gasteiger partial charge in [0.25, 0.3) is 0 Å². The predicted molar refractivity (Wildman–Crippen MR) is 76.5 cm³/mol. The van der Waals surface area contributed by atoms with Gasteiger partial charge in [0, 0.05) is 13.6 Å². The Morgan fingerprint density at radius 2 is 2.10 bits per heavy atom. The van der Waals surface area contributed by atoms with Crippen molar-refractivity contribution in [3.8, 4) is 6.07 Å². The summed E-state index contributed by atoms with van der Waals surface area (Å²) in [6.07, 6.45) is 0.0473. The average Bonchev–Trinajstić information content (AvgIpc) is 2.37. The number of hydrogen-bond acceptors (Lipinski definition) is 5. The van der Waals surface area contributed by atoms with Gasteiger partial charge in [-0.15, -0.1) is 0 Å². The van der Waals surface area contributed by atoms with E-state index in [0.29, 0.717) is 12.2 Å². The van der Waals surface area contributed by atoms with Gasteiger partial charge in [-0.1, -0.05) is 0 Å². The fourth-order valence-electron chi connectivity index (χ4n) is 1.56. The lowest BCUT2D eigenvalue weighted by molar-refractivity contribution is 0.0737. The number of anilines is 1. The van der Waals surface area contributed by atoms with Gasteiger partial charge in [-0.2, -0.15) is 9.57 Å². The number of nitrogens with two attached hydrogens (primary N) is 1. The van der Waals surface area contributed by atoms with Crippen molar-refractivity contribution in [3.05, 3.63) is 23.8 Å². The Labute approximate surface area is 119 Å². The SMILES string of the molecule is CC(C)OCCN(C)S(=O)(=O)c1ccc(C#N)cc1N. The van der Waals surface area contributed by atoms with E-state index in [9.17, 15) is 8.42 Å². The molecule has 0 aliphatic carbocycles. The molecule has 0 atom stereocenters. The molecule has 7 heteroatoms. The van der Waals surface area contributed by atoms with Gasteiger partial charge in [0.05, 0.1) is 30.0 Å². The number of nitrogen functional groups attached to an aromatic ring is 1. The zero-order valence-corrected chi connectivity index (χ0v) is 12.6. The van der Waals surface area contributed by atoms with Crippen LogP contribution in [0.5, 0.6) is 0 Å². The molecule has 2 N–H and O–H groups in total. The molecule has 0 aliphatic rings. The van der Waals surface area contributed by atoms with Crippen molar-refractivity contribution in [2.45, 2.75) is 24.8 Å². The van der Waals surface area contributed by atoms with E-state index in [1.54, 1.807) is 0 Å². The number of rotatable bonds is 6. The minimum Gasteiger partial charge on any atom is -0.398 e. The van der Waals surface area contributed by atoms with E-state index < -0.39 is 10.0 Å². The van der Waals surface area contributed by atoms with Crippen LogP contribution in [0.1, 0.15) is 19.4 Å². The summed E-state index contributed by atoms with van der Waals surface area (Å²) in [5.74, 6) is 0. The van der Waals surface area contributed by atoms with Gasteiger partial charge in [0.15, 0.2) is 0 Å². The fourth-order valence-corrected chi connectivity index (χ4v) is 2.81. The van der Waals surface area contributed by atoms with Crippen molar-refractivity contribution in [2.24, 2.45) is 0 Å². The molecule has 0 radical (unpaired) electrons. The van der Waals surface area contributed by atoms with Crippen molar-refractivity contribution >= 4 is 15.7 Å². The van der Waals surface area contributed by atoms with Gasteiger partial charge < -0.3 is 10.5 Å². The van der Waals surface area contributed by atoms with Crippen LogP contribution >= 0.6 is 0 Å². The van der Waals surface area contributed by atoms with Crippen LogP contribution in [-0.4, -0.2) is 39.0 Å². The third-order valence-corrected chi connectivity index (χ3v) is 4.62. The van der Waals surface area contributed by atoms with E-state index in [1.807, 2.05) is 19.9 Å². The lowest BCUT2D eigenvalue weighted by Crippen LogP contribution is -2.31. The first-order chi connectivity index (χ1) is 9.28. The van der Waals surface area contributed by atoms with Crippen LogP contribution in [0.4, 0.5) is 5.69 Å². The van der Waals surface area contributed by atoms with Gasteiger partial charge >= 0.3 is 0 Å². The molecule has 6 nitrogen and oxygen atoms in total. The molecule has 0 spiro atoms. The highest BCUT2D eigenvalue weighted by Gasteiger charge is 2.23. The molecule has 0 fully saturated rings. The summed E-state index contributed by atoms with van der Waals surface area (Å²) >= 11 is 0. The molecular weight excluding hydrogens is 278 g/mol. The van der Waals surface area contributed by atoms with Crippen LogP contribution in [0, 0.1) is 11.3 Å². The van der Waals surface area contributed by atoms with Crippen molar-refractivity contribution in [1.82, 2.24) is 4.31 Å². The highest BCUT2D eigenvalue weighted by atomic mass is 32.2. The van der Waals surface area contributed by atoms with E-state index in [-0.39, 0.29) is 23.2 Å². The molecule has 0 bridgehead atoms. The maximum Gasteiger partial charge on any atom is 0.244 e. The summed E-state index contributed by atoms with van der Waals surface area (Å²) in [5.41, 5.74) is 6.11. The first-order valence-electron chi connectivity index (χ1n) is 6.16. The second-order valence-electron chi connectivity index (χ2n) is 4.61. The molecule has 0 amide bonds. The topological polar surface area (TPSA) is 96.4 Å². The van der Waals surface area contributed by atoms with Gasteiger partial charge in [-0.25, -0.2) is 8.42 Å². The fraction of sp³-hybridized carbons (Fsp3) is 0.462. The highest BCUT2D eigenvalue weighted by molar-refractivity contribution is 7.89. The first kappa shape index (κ1) is 16.4. The Morgan fingerprint density at radius 1 is 1.45 bits per heavy atom. The second-order valence-corrected chi connectivity index (χ2v) is 6.62. The molecule has 1 aromatic rings. The van der Waals surface area contributed by atoms with Crippen molar-refractivity contribution in [1.29, 1.82) is 5.26 Å². The minimum atomic E-state index is -3.67. The lowest BCUT2D eigenvalue weighted by Gasteiger charge is -2.19. The average molecular weight is 297 g/mol. The second kappa shape index (κ2) is 6.70. The van der Waals surface area contributed by atoms with Gasteiger partial charge in [-0.05, 0) is 32.0 Å². The van der Waals surface area contributed by atoms with Gasteiger partial charge in [-0.3, -0.25) is 0 Å².